The van der Waals surface area contributed by atoms with E-state index in [1.54, 1.807) is 6.20 Å². The molecule has 7 heteroatoms. The van der Waals surface area contributed by atoms with Crippen LogP contribution in [0, 0.1) is 18.3 Å². The van der Waals surface area contributed by atoms with Gasteiger partial charge in [0.25, 0.3) is 0 Å². The Bertz CT molecular complexity index is 845. The molecule has 4 heterocycles. The zero-order valence-electron chi connectivity index (χ0n) is 14.3. The summed E-state index contributed by atoms with van der Waals surface area (Å²) in [6.45, 7) is 5.06. The van der Waals surface area contributed by atoms with Gasteiger partial charge in [-0.1, -0.05) is 5.92 Å². The number of fused-ring (bicyclic) bond motifs is 2. The van der Waals surface area contributed by atoms with Gasteiger partial charge in [0.1, 0.15) is 5.82 Å². The number of amides is 1. The Morgan fingerprint density at radius 1 is 1.44 bits per heavy atom. The molecular weight excluding hydrogens is 316 g/mol. The molecule has 0 aromatic carbocycles. The lowest BCUT2D eigenvalue weighted by atomic mass is 9.97. The van der Waals surface area contributed by atoms with E-state index in [1.165, 1.54) is 5.56 Å². The van der Waals surface area contributed by atoms with Crippen LogP contribution in [-0.4, -0.2) is 52.7 Å². The van der Waals surface area contributed by atoms with Crippen molar-refractivity contribution in [3.05, 3.63) is 23.5 Å². The average Bonchev–Trinajstić information content (AvgIpc) is 2.89. The maximum atomic E-state index is 12.3. The number of terminal acetylenes is 1. The zero-order chi connectivity index (χ0) is 17.4. The van der Waals surface area contributed by atoms with Crippen LogP contribution >= 0.6 is 0 Å². The summed E-state index contributed by atoms with van der Waals surface area (Å²) in [6, 6.07) is 1.70. The summed E-state index contributed by atoms with van der Waals surface area (Å²) in [7, 11) is 0. The van der Waals surface area contributed by atoms with Gasteiger partial charge in [-0.15, -0.1) is 6.42 Å². The van der Waals surface area contributed by atoms with E-state index in [1.807, 2.05) is 17.5 Å². The van der Waals surface area contributed by atoms with Gasteiger partial charge in [-0.05, 0) is 19.9 Å². The predicted octanol–water partition coefficient (Wildman–Crippen LogP) is -0.00840. The normalized spacial score (nSPS) is 18.8. The van der Waals surface area contributed by atoms with E-state index in [2.05, 4.69) is 26.6 Å². The van der Waals surface area contributed by atoms with Gasteiger partial charge < -0.3 is 15.5 Å². The number of hydrogen-bond acceptors (Lipinski definition) is 5. The first-order valence-electron chi connectivity index (χ1n) is 8.75. The fraction of sp³-hybridized carbons (Fsp3) is 0.500. The molecule has 2 aromatic heterocycles. The molecule has 2 aliphatic heterocycles. The van der Waals surface area contributed by atoms with Crippen molar-refractivity contribution < 1.29 is 4.79 Å². The Morgan fingerprint density at radius 3 is 3.04 bits per heavy atom. The quantitative estimate of drug-likeness (QED) is 0.770. The fourth-order valence-electron chi connectivity index (χ4n) is 3.53. The van der Waals surface area contributed by atoms with Crippen molar-refractivity contribution in [3.8, 4) is 12.3 Å². The van der Waals surface area contributed by atoms with Gasteiger partial charge >= 0.3 is 0 Å². The van der Waals surface area contributed by atoms with E-state index in [0.29, 0.717) is 13.1 Å². The van der Waals surface area contributed by atoms with Crippen molar-refractivity contribution in [3.63, 3.8) is 0 Å². The van der Waals surface area contributed by atoms with E-state index in [0.717, 1.165) is 43.1 Å². The molecule has 0 spiro atoms. The molecule has 4 rings (SSSR count). The van der Waals surface area contributed by atoms with E-state index in [-0.39, 0.29) is 17.9 Å². The molecule has 25 heavy (non-hydrogen) atoms. The highest BCUT2D eigenvalue weighted by Crippen LogP contribution is 2.31. The van der Waals surface area contributed by atoms with Crippen molar-refractivity contribution >= 4 is 17.4 Å². The molecular formula is C18H22N6O. The third kappa shape index (κ3) is 2.83. The average molecular weight is 338 g/mol. The van der Waals surface area contributed by atoms with Gasteiger partial charge in [0.05, 0.1) is 23.9 Å². The Morgan fingerprint density at radius 2 is 2.24 bits per heavy atom. The van der Waals surface area contributed by atoms with Crippen LogP contribution in [0.25, 0.3) is 5.65 Å². The molecule has 1 atom stereocenters. The third-order valence-corrected chi connectivity index (χ3v) is 4.94. The second kappa shape index (κ2) is 6.37. The van der Waals surface area contributed by atoms with Crippen LogP contribution in [0.15, 0.2) is 12.3 Å². The highest BCUT2D eigenvalue weighted by molar-refractivity contribution is 5.82. The topological polar surface area (TPSA) is 74.6 Å². The molecule has 0 aliphatic carbocycles. The first-order valence-corrected chi connectivity index (χ1v) is 8.75. The Balaban J connectivity index is 1.60. The molecule has 0 radical (unpaired) electrons. The molecule has 130 valence electrons. The lowest BCUT2D eigenvalue weighted by molar-refractivity contribution is -0.126. The monoisotopic (exact) mass is 338 g/mol. The number of carbonyl (C=O) groups is 1. The van der Waals surface area contributed by atoms with E-state index >= 15 is 0 Å². The van der Waals surface area contributed by atoms with Crippen LogP contribution in [0.5, 0.6) is 0 Å². The van der Waals surface area contributed by atoms with Gasteiger partial charge in [0, 0.05) is 37.7 Å². The highest BCUT2D eigenvalue weighted by Gasteiger charge is 2.36. The van der Waals surface area contributed by atoms with Crippen LogP contribution in [0.1, 0.15) is 18.2 Å². The van der Waals surface area contributed by atoms with Gasteiger partial charge in [0.15, 0.2) is 5.65 Å². The van der Waals surface area contributed by atoms with E-state index < -0.39 is 0 Å². The standard InChI is InChI=1S/C18H22N6O/c1-3-12(2)21-17(25)13-10-23(11-13)18-14-4-7-19-8-5-15(14)22-16-6-9-20-24(16)18/h1,6,9,12-13,19H,4-5,7-8,10-11H2,2H3,(H,21,25). The molecule has 1 amide bonds. The molecule has 1 unspecified atom stereocenters. The maximum absolute atomic E-state index is 12.3. The molecule has 7 nitrogen and oxygen atoms in total. The molecule has 1 fully saturated rings. The highest BCUT2D eigenvalue weighted by atomic mass is 16.2. The fourth-order valence-corrected chi connectivity index (χ4v) is 3.53. The van der Waals surface area contributed by atoms with Gasteiger partial charge in [-0.3, -0.25) is 4.79 Å². The molecule has 0 bridgehead atoms. The molecule has 0 saturated carbocycles. The molecule has 1 saturated heterocycles. The summed E-state index contributed by atoms with van der Waals surface area (Å²) >= 11 is 0. The number of hydrogen-bond donors (Lipinski definition) is 2. The van der Waals surface area contributed by atoms with Crippen LogP contribution in [0.2, 0.25) is 0 Å². The summed E-state index contributed by atoms with van der Waals surface area (Å²) in [6.07, 6.45) is 8.96. The van der Waals surface area contributed by atoms with Crippen molar-refractivity contribution in [1.29, 1.82) is 0 Å². The number of anilines is 1. The van der Waals surface area contributed by atoms with Crippen LogP contribution < -0.4 is 15.5 Å². The first kappa shape index (κ1) is 15.9. The summed E-state index contributed by atoms with van der Waals surface area (Å²) in [5.74, 6) is 3.62. The van der Waals surface area contributed by atoms with Gasteiger partial charge in [-0.25, -0.2) is 4.98 Å². The van der Waals surface area contributed by atoms with Crippen LogP contribution in [0.4, 0.5) is 5.82 Å². The van der Waals surface area contributed by atoms with E-state index in [9.17, 15) is 4.79 Å². The lowest BCUT2D eigenvalue weighted by Gasteiger charge is -2.41. The van der Waals surface area contributed by atoms with Crippen molar-refractivity contribution in [2.24, 2.45) is 5.92 Å². The number of nitrogens with one attached hydrogen (secondary N) is 2. The summed E-state index contributed by atoms with van der Waals surface area (Å²) < 4.78 is 1.91. The first-order chi connectivity index (χ1) is 12.2. The molecule has 2 aliphatic rings. The Hall–Kier alpha value is -2.59. The lowest BCUT2D eigenvalue weighted by Crippen LogP contribution is -2.55. The summed E-state index contributed by atoms with van der Waals surface area (Å²) in [5.41, 5.74) is 3.25. The number of aromatic nitrogens is 3. The van der Waals surface area contributed by atoms with Gasteiger partial charge in [0.2, 0.25) is 5.91 Å². The second-order valence-electron chi connectivity index (χ2n) is 6.71. The minimum atomic E-state index is -0.234. The number of rotatable bonds is 3. The summed E-state index contributed by atoms with van der Waals surface area (Å²) in [5, 5.41) is 10.7. The third-order valence-electron chi connectivity index (χ3n) is 4.94. The molecule has 2 N–H and O–H groups in total. The zero-order valence-corrected chi connectivity index (χ0v) is 14.3. The van der Waals surface area contributed by atoms with Crippen molar-refractivity contribution in [1.82, 2.24) is 25.2 Å². The molecule has 2 aromatic rings. The maximum Gasteiger partial charge on any atom is 0.227 e. The largest absolute Gasteiger partial charge is 0.354 e. The predicted molar refractivity (Wildman–Crippen MR) is 95.4 cm³/mol. The smallest absolute Gasteiger partial charge is 0.227 e. The number of carbonyl (C=O) groups excluding carboxylic acids is 1. The Kier molecular flexibility index (Phi) is 4.06. The van der Waals surface area contributed by atoms with Crippen molar-refractivity contribution in [2.75, 3.05) is 31.1 Å². The SMILES string of the molecule is C#CC(C)NC(=O)C1CN(c2c3c(nc4ccnn24)CCNCC3)C1. The number of nitrogens with zero attached hydrogens (tertiary/aromatic N) is 4. The van der Waals surface area contributed by atoms with Gasteiger partial charge in [-0.2, -0.15) is 9.61 Å². The van der Waals surface area contributed by atoms with E-state index in [4.69, 9.17) is 11.4 Å². The van der Waals surface area contributed by atoms with Crippen LogP contribution in [0.3, 0.4) is 0 Å². The van der Waals surface area contributed by atoms with Crippen LogP contribution in [-0.2, 0) is 17.6 Å². The second-order valence-corrected chi connectivity index (χ2v) is 6.71. The summed E-state index contributed by atoms with van der Waals surface area (Å²) in [4.78, 5) is 19.3. The Labute approximate surface area is 146 Å². The minimum absolute atomic E-state index is 0.0280. The van der Waals surface area contributed by atoms with Crippen molar-refractivity contribution in [2.45, 2.75) is 25.8 Å². The minimum Gasteiger partial charge on any atom is -0.354 e.